The summed E-state index contributed by atoms with van der Waals surface area (Å²) in [6.07, 6.45) is -3.19. The summed E-state index contributed by atoms with van der Waals surface area (Å²) < 4.78 is 41.6. The number of hydrogen-bond donors (Lipinski definition) is 2. The molecule has 2 aromatic heterocycles. The van der Waals surface area contributed by atoms with Gasteiger partial charge in [-0.3, -0.25) is 4.79 Å². The molecule has 6 nitrogen and oxygen atoms in total. The molecule has 0 radical (unpaired) electrons. The van der Waals surface area contributed by atoms with Crippen molar-refractivity contribution in [3.8, 4) is 0 Å². The first-order valence-electron chi connectivity index (χ1n) is 8.31. The SMILES string of the molecule is CC(C)(C)[C@@H]1C[C@H](C(F)(F)F)n2nc(C(=O)Nc3cccnc3Cl)cc2N1. The molecule has 0 saturated heterocycles. The Balaban J connectivity index is 1.92. The van der Waals surface area contributed by atoms with Crippen LogP contribution in [0.15, 0.2) is 24.4 Å². The lowest BCUT2D eigenvalue weighted by atomic mass is 9.82. The number of fused-ring (bicyclic) bond motifs is 1. The van der Waals surface area contributed by atoms with E-state index >= 15 is 0 Å². The summed E-state index contributed by atoms with van der Waals surface area (Å²) in [5, 5.41) is 9.56. The number of pyridine rings is 1. The van der Waals surface area contributed by atoms with Crippen molar-refractivity contribution in [2.45, 2.75) is 45.5 Å². The highest BCUT2D eigenvalue weighted by atomic mass is 35.5. The first kappa shape index (κ1) is 19.5. The first-order chi connectivity index (χ1) is 12.5. The first-order valence-corrected chi connectivity index (χ1v) is 8.69. The van der Waals surface area contributed by atoms with Crippen molar-refractivity contribution in [3.63, 3.8) is 0 Å². The highest BCUT2D eigenvalue weighted by Gasteiger charge is 2.48. The minimum atomic E-state index is -4.48. The summed E-state index contributed by atoms with van der Waals surface area (Å²) in [6, 6.07) is 2.21. The van der Waals surface area contributed by atoms with E-state index in [4.69, 9.17) is 11.6 Å². The summed E-state index contributed by atoms with van der Waals surface area (Å²) in [7, 11) is 0. The molecule has 0 aliphatic carbocycles. The number of carbonyl (C=O) groups is 1. The molecule has 27 heavy (non-hydrogen) atoms. The van der Waals surface area contributed by atoms with Crippen LogP contribution in [0.3, 0.4) is 0 Å². The zero-order valence-corrected chi connectivity index (χ0v) is 15.7. The zero-order valence-electron chi connectivity index (χ0n) is 14.9. The maximum atomic E-state index is 13.6. The van der Waals surface area contributed by atoms with Crippen molar-refractivity contribution in [2.75, 3.05) is 10.6 Å². The molecule has 0 spiro atoms. The molecule has 0 saturated carbocycles. The lowest BCUT2D eigenvalue weighted by Crippen LogP contribution is -2.44. The van der Waals surface area contributed by atoms with Gasteiger partial charge in [0.25, 0.3) is 5.91 Å². The quantitative estimate of drug-likeness (QED) is 0.726. The van der Waals surface area contributed by atoms with Gasteiger partial charge in [-0.05, 0) is 24.0 Å². The average molecular weight is 402 g/mol. The summed E-state index contributed by atoms with van der Waals surface area (Å²) in [4.78, 5) is 16.3. The minimum absolute atomic E-state index is 0.0777. The fourth-order valence-electron chi connectivity index (χ4n) is 2.92. The fourth-order valence-corrected chi connectivity index (χ4v) is 3.09. The molecular formula is C17H19ClF3N5O. The Bertz CT molecular complexity index is 859. The van der Waals surface area contributed by atoms with Gasteiger partial charge in [-0.1, -0.05) is 32.4 Å². The highest BCUT2D eigenvalue weighted by molar-refractivity contribution is 6.32. The van der Waals surface area contributed by atoms with Gasteiger partial charge < -0.3 is 10.6 Å². The number of aromatic nitrogens is 3. The van der Waals surface area contributed by atoms with Gasteiger partial charge in [-0.15, -0.1) is 0 Å². The minimum Gasteiger partial charge on any atom is -0.367 e. The molecule has 2 N–H and O–H groups in total. The number of nitrogens with one attached hydrogen (secondary N) is 2. The van der Waals surface area contributed by atoms with Gasteiger partial charge in [-0.25, -0.2) is 9.67 Å². The maximum absolute atomic E-state index is 13.6. The van der Waals surface area contributed by atoms with Gasteiger partial charge in [0.1, 0.15) is 5.82 Å². The third-order valence-electron chi connectivity index (χ3n) is 4.48. The smallest absolute Gasteiger partial charge is 0.367 e. The molecule has 1 aliphatic rings. The predicted octanol–water partition coefficient (Wildman–Crippen LogP) is 4.52. The van der Waals surface area contributed by atoms with E-state index in [1.807, 2.05) is 20.8 Å². The molecule has 0 fully saturated rings. The monoisotopic (exact) mass is 401 g/mol. The molecule has 0 unspecified atom stereocenters. The van der Waals surface area contributed by atoms with Crippen LogP contribution in [0.4, 0.5) is 24.7 Å². The molecule has 2 aromatic rings. The van der Waals surface area contributed by atoms with Crippen molar-refractivity contribution in [3.05, 3.63) is 35.2 Å². The van der Waals surface area contributed by atoms with Crippen LogP contribution in [0, 0.1) is 5.41 Å². The van der Waals surface area contributed by atoms with Gasteiger partial charge in [0.2, 0.25) is 0 Å². The molecule has 0 aromatic carbocycles. The normalized spacial score (nSPS) is 20.0. The number of carbonyl (C=O) groups excluding carboxylic acids is 1. The van der Waals surface area contributed by atoms with Crippen molar-refractivity contribution >= 4 is 29.0 Å². The van der Waals surface area contributed by atoms with Crippen molar-refractivity contribution in [2.24, 2.45) is 5.41 Å². The van der Waals surface area contributed by atoms with Crippen LogP contribution in [-0.2, 0) is 0 Å². The van der Waals surface area contributed by atoms with Crippen LogP contribution in [0.1, 0.15) is 43.7 Å². The van der Waals surface area contributed by atoms with Crippen LogP contribution < -0.4 is 10.6 Å². The molecule has 1 amide bonds. The second-order valence-corrected chi connectivity index (χ2v) is 7.87. The average Bonchev–Trinajstić information content (AvgIpc) is 2.98. The van der Waals surface area contributed by atoms with E-state index in [2.05, 4.69) is 20.7 Å². The van der Waals surface area contributed by atoms with Gasteiger partial charge >= 0.3 is 6.18 Å². The Labute approximate surface area is 159 Å². The van der Waals surface area contributed by atoms with Crippen molar-refractivity contribution in [1.82, 2.24) is 14.8 Å². The number of alkyl halides is 3. The van der Waals surface area contributed by atoms with Crippen molar-refractivity contribution in [1.29, 1.82) is 0 Å². The van der Waals surface area contributed by atoms with E-state index in [9.17, 15) is 18.0 Å². The molecule has 0 bridgehead atoms. The largest absolute Gasteiger partial charge is 0.410 e. The Morgan fingerprint density at radius 3 is 2.67 bits per heavy atom. The molecule has 146 valence electrons. The van der Waals surface area contributed by atoms with Crippen LogP contribution in [-0.4, -0.2) is 32.9 Å². The number of hydrogen-bond acceptors (Lipinski definition) is 4. The molecular weight excluding hydrogens is 383 g/mol. The van der Waals surface area contributed by atoms with E-state index < -0.39 is 29.6 Å². The summed E-state index contributed by atoms with van der Waals surface area (Å²) in [5.74, 6) is -0.507. The van der Waals surface area contributed by atoms with E-state index in [0.29, 0.717) is 0 Å². The number of halogens is 4. The van der Waals surface area contributed by atoms with E-state index in [-0.39, 0.29) is 28.8 Å². The van der Waals surface area contributed by atoms with Gasteiger partial charge in [0.15, 0.2) is 16.9 Å². The Hall–Kier alpha value is -2.29. The maximum Gasteiger partial charge on any atom is 0.410 e. The summed E-state index contributed by atoms with van der Waals surface area (Å²) in [6.45, 7) is 5.59. The lowest BCUT2D eigenvalue weighted by molar-refractivity contribution is -0.175. The Kier molecular flexibility index (Phi) is 4.83. The lowest BCUT2D eigenvalue weighted by Gasteiger charge is -2.39. The van der Waals surface area contributed by atoms with Gasteiger partial charge in [-0.2, -0.15) is 18.3 Å². The third-order valence-corrected chi connectivity index (χ3v) is 4.78. The standard InChI is InChI=1S/C17H19ClF3N5O/c1-16(2,3)11-8-12(17(19,20)21)26-13(24-11)7-10(25-26)15(27)23-9-5-4-6-22-14(9)18/h4-7,11-12,24H,8H2,1-3H3,(H,23,27)/t11-,12+/m0/s1. The number of amides is 1. The van der Waals surface area contributed by atoms with Gasteiger partial charge in [0, 0.05) is 18.3 Å². The van der Waals surface area contributed by atoms with Crippen LogP contribution in [0.5, 0.6) is 0 Å². The number of nitrogens with zero attached hydrogens (tertiary/aromatic N) is 3. The second-order valence-electron chi connectivity index (χ2n) is 7.51. The fraction of sp³-hybridized carbons (Fsp3) is 0.471. The number of rotatable bonds is 2. The van der Waals surface area contributed by atoms with Crippen LogP contribution in [0.2, 0.25) is 5.15 Å². The van der Waals surface area contributed by atoms with E-state index in [0.717, 1.165) is 4.68 Å². The Morgan fingerprint density at radius 2 is 2.07 bits per heavy atom. The highest BCUT2D eigenvalue weighted by Crippen LogP contribution is 2.43. The molecule has 3 rings (SSSR count). The molecule has 2 atom stereocenters. The number of anilines is 2. The molecule has 10 heteroatoms. The third kappa shape index (κ3) is 4.02. The summed E-state index contributed by atoms with van der Waals surface area (Å²) in [5.41, 5.74) is -0.283. The van der Waals surface area contributed by atoms with Crippen molar-refractivity contribution < 1.29 is 18.0 Å². The summed E-state index contributed by atoms with van der Waals surface area (Å²) >= 11 is 5.90. The van der Waals surface area contributed by atoms with Gasteiger partial charge in [0.05, 0.1) is 5.69 Å². The Morgan fingerprint density at radius 1 is 1.37 bits per heavy atom. The van der Waals surface area contributed by atoms with Crippen LogP contribution in [0.25, 0.3) is 0 Å². The van der Waals surface area contributed by atoms with E-state index in [1.165, 1.54) is 18.3 Å². The second kappa shape index (κ2) is 6.70. The molecule has 3 heterocycles. The van der Waals surface area contributed by atoms with E-state index in [1.54, 1.807) is 6.07 Å². The molecule has 1 aliphatic heterocycles. The topological polar surface area (TPSA) is 71.8 Å². The predicted molar refractivity (Wildman–Crippen MR) is 96.0 cm³/mol. The van der Waals surface area contributed by atoms with Crippen LogP contribution >= 0.6 is 11.6 Å². The zero-order chi connectivity index (χ0) is 20.0.